The van der Waals surface area contributed by atoms with Gasteiger partial charge in [0.25, 0.3) is 0 Å². The quantitative estimate of drug-likeness (QED) is 0.303. The van der Waals surface area contributed by atoms with Crippen molar-refractivity contribution >= 4 is 29.9 Å². The number of rotatable bonds is 9. The van der Waals surface area contributed by atoms with Gasteiger partial charge in [-0.25, -0.2) is 4.99 Å². The van der Waals surface area contributed by atoms with E-state index in [2.05, 4.69) is 39.7 Å². The van der Waals surface area contributed by atoms with Crippen LogP contribution in [0.2, 0.25) is 0 Å². The van der Waals surface area contributed by atoms with Gasteiger partial charge in [-0.2, -0.15) is 0 Å². The van der Waals surface area contributed by atoms with Gasteiger partial charge in [0.05, 0.1) is 0 Å². The number of guanidine groups is 1. The lowest BCUT2D eigenvalue weighted by Gasteiger charge is -2.20. The van der Waals surface area contributed by atoms with Crippen LogP contribution in [0, 0.1) is 18.8 Å². The van der Waals surface area contributed by atoms with Gasteiger partial charge in [-0.15, -0.1) is 34.2 Å². The summed E-state index contributed by atoms with van der Waals surface area (Å²) in [5, 5.41) is 24.0. The zero-order valence-electron chi connectivity index (χ0n) is 15.5. The van der Waals surface area contributed by atoms with E-state index in [0.29, 0.717) is 18.4 Å². The van der Waals surface area contributed by atoms with Gasteiger partial charge in [-0.3, -0.25) is 0 Å². The number of hydrogen-bond donors (Lipinski definition) is 3. The molecule has 0 saturated carbocycles. The summed E-state index contributed by atoms with van der Waals surface area (Å²) in [6.07, 6.45) is 1.91. The van der Waals surface area contributed by atoms with Crippen LogP contribution in [0.15, 0.2) is 4.99 Å². The minimum Gasteiger partial charge on any atom is -0.396 e. The minimum atomic E-state index is 0. The molecular weight excluding hydrogens is 419 g/mol. The standard InChI is InChI=1S/C16H32N6O.HI/c1-6-17-16(18-10-14(7-8-23)9-12(2)3)19-11-15-21-20-13(4)22(15)5;/h12,14,23H,6-11H2,1-5H3,(H2,17,18,19);1H. The molecule has 7 nitrogen and oxygen atoms in total. The van der Waals surface area contributed by atoms with Crippen LogP contribution in [0.1, 0.15) is 45.3 Å². The maximum absolute atomic E-state index is 9.21. The van der Waals surface area contributed by atoms with Crippen molar-refractivity contribution in [3.8, 4) is 0 Å². The molecule has 0 bridgehead atoms. The highest BCUT2D eigenvalue weighted by Gasteiger charge is 2.11. The number of aromatic nitrogens is 3. The number of aliphatic imine (C=N–C) groups is 1. The van der Waals surface area contributed by atoms with Crippen molar-refractivity contribution < 1.29 is 5.11 Å². The molecule has 140 valence electrons. The molecule has 0 amide bonds. The predicted molar refractivity (Wildman–Crippen MR) is 109 cm³/mol. The summed E-state index contributed by atoms with van der Waals surface area (Å²) in [5.74, 6) is 3.57. The Hall–Kier alpha value is -0.900. The molecule has 0 spiro atoms. The SMILES string of the molecule is CCNC(=NCc1nnc(C)n1C)NCC(CCO)CC(C)C.I. The molecule has 24 heavy (non-hydrogen) atoms. The van der Waals surface area contributed by atoms with Gasteiger partial charge < -0.3 is 20.3 Å². The normalized spacial score (nSPS) is 12.9. The lowest BCUT2D eigenvalue weighted by molar-refractivity contribution is 0.243. The Morgan fingerprint density at radius 3 is 2.50 bits per heavy atom. The zero-order valence-corrected chi connectivity index (χ0v) is 17.9. The number of hydrogen-bond acceptors (Lipinski definition) is 4. The number of aryl methyl sites for hydroxylation is 1. The van der Waals surface area contributed by atoms with E-state index in [0.717, 1.165) is 43.5 Å². The number of aliphatic hydroxyl groups excluding tert-OH is 1. The molecule has 1 aromatic rings. The summed E-state index contributed by atoms with van der Waals surface area (Å²) in [5.41, 5.74) is 0. The fourth-order valence-corrected chi connectivity index (χ4v) is 2.47. The molecule has 0 radical (unpaired) electrons. The predicted octanol–water partition coefficient (Wildman–Crippen LogP) is 1.84. The third-order valence-electron chi connectivity index (χ3n) is 3.81. The largest absolute Gasteiger partial charge is 0.396 e. The van der Waals surface area contributed by atoms with E-state index in [4.69, 9.17) is 0 Å². The Bertz CT molecular complexity index is 489. The van der Waals surface area contributed by atoms with Gasteiger partial charge in [-0.05, 0) is 38.5 Å². The molecular formula is C16H33IN6O. The Labute approximate surface area is 162 Å². The first-order valence-corrected chi connectivity index (χ1v) is 8.45. The summed E-state index contributed by atoms with van der Waals surface area (Å²) in [6, 6.07) is 0. The number of nitrogens with one attached hydrogen (secondary N) is 2. The van der Waals surface area contributed by atoms with Gasteiger partial charge in [0.15, 0.2) is 11.8 Å². The monoisotopic (exact) mass is 452 g/mol. The van der Waals surface area contributed by atoms with E-state index in [1.165, 1.54) is 0 Å². The minimum absolute atomic E-state index is 0. The fourth-order valence-electron chi connectivity index (χ4n) is 2.47. The molecule has 3 N–H and O–H groups in total. The van der Waals surface area contributed by atoms with Crippen LogP contribution in [-0.4, -0.2) is 45.5 Å². The van der Waals surface area contributed by atoms with Crippen LogP contribution in [0.3, 0.4) is 0 Å². The number of aliphatic hydroxyl groups is 1. The highest BCUT2D eigenvalue weighted by molar-refractivity contribution is 14.0. The molecule has 0 aromatic carbocycles. The van der Waals surface area contributed by atoms with Crippen molar-refractivity contribution in [1.82, 2.24) is 25.4 Å². The molecule has 1 unspecified atom stereocenters. The zero-order chi connectivity index (χ0) is 17.2. The number of halogens is 1. The highest BCUT2D eigenvalue weighted by Crippen LogP contribution is 2.14. The van der Waals surface area contributed by atoms with Crippen LogP contribution in [0.5, 0.6) is 0 Å². The van der Waals surface area contributed by atoms with E-state index in [-0.39, 0.29) is 30.6 Å². The van der Waals surface area contributed by atoms with Crippen LogP contribution in [-0.2, 0) is 13.6 Å². The van der Waals surface area contributed by atoms with Crippen LogP contribution < -0.4 is 10.6 Å². The van der Waals surface area contributed by atoms with Crippen molar-refractivity contribution in [2.75, 3.05) is 19.7 Å². The Morgan fingerprint density at radius 2 is 2.00 bits per heavy atom. The van der Waals surface area contributed by atoms with Crippen LogP contribution in [0.25, 0.3) is 0 Å². The second-order valence-electron chi connectivity index (χ2n) is 6.31. The van der Waals surface area contributed by atoms with E-state index >= 15 is 0 Å². The molecule has 1 aromatic heterocycles. The first-order valence-electron chi connectivity index (χ1n) is 8.45. The van der Waals surface area contributed by atoms with E-state index in [1.54, 1.807) is 0 Å². The van der Waals surface area contributed by atoms with E-state index in [1.807, 2.05) is 25.5 Å². The molecule has 0 fully saturated rings. The van der Waals surface area contributed by atoms with Gasteiger partial charge in [0, 0.05) is 26.7 Å². The fraction of sp³-hybridized carbons (Fsp3) is 0.812. The van der Waals surface area contributed by atoms with Crippen molar-refractivity contribution in [1.29, 1.82) is 0 Å². The molecule has 8 heteroatoms. The first-order chi connectivity index (χ1) is 11.0. The molecule has 1 atom stereocenters. The lowest BCUT2D eigenvalue weighted by atomic mass is 9.94. The topological polar surface area (TPSA) is 87.4 Å². The molecule has 0 aliphatic heterocycles. The molecule has 0 saturated heterocycles. The second kappa shape index (κ2) is 12.5. The Kier molecular flexibility index (Phi) is 12.0. The molecule has 0 aliphatic rings. The smallest absolute Gasteiger partial charge is 0.191 e. The maximum atomic E-state index is 9.21. The van der Waals surface area contributed by atoms with Gasteiger partial charge in [0.2, 0.25) is 0 Å². The summed E-state index contributed by atoms with van der Waals surface area (Å²) in [4.78, 5) is 4.58. The van der Waals surface area contributed by atoms with Crippen molar-refractivity contribution in [2.24, 2.45) is 23.9 Å². The Balaban J connectivity index is 0.00000529. The highest BCUT2D eigenvalue weighted by atomic mass is 127. The first kappa shape index (κ1) is 23.1. The number of nitrogens with zero attached hydrogens (tertiary/aromatic N) is 4. The second-order valence-corrected chi connectivity index (χ2v) is 6.31. The van der Waals surface area contributed by atoms with Gasteiger partial charge in [0.1, 0.15) is 12.4 Å². The van der Waals surface area contributed by atoms with Crippen molar-refractivity contribution in [3.63, 3.8) is 0 Å². The maximum Gasteiger partial charge on any atom is 0.191 e. The lowest BCUT2D eigenvalue weighted by Crippen LogP contribution is -2.40. The molecule has 0 aliphatic carbocycles. The summed E-state index contributed by atoms with van der Waals surface area (Å²) >= 11 is 0. The average Bonchev–Trinajstić information content (AvgIpc) is 2.81. The summed E-state index contributed by atoms with van der Waals surface area (Å²) < 4.78 is 1.94. The third-order valence-corrected chi connectivity index (χ3v) is 3.81. The summed E-state index contributed by atoms with van der Waals surface area (Å²) in [7, 11) is 1.94. The van der Waals surface area contributed by atoms with Gasteiger partial charge >= 0.3 is 0 Å². The average molecular weight is 452 g/mol. The van der Waals surface area contributed by atoms with E-state index < -0.39 is 0 Å². The van der Waals surface area contributed by atoms with E-state index in [9.17, 15) is 5.11 Å². The van der Waals surface area contributed by atoms with Gasteiger partial charge in [-0.1, -0.05) is 13.8 Å². The summed E-state index contributed by atoms with van der Waals surface area (Å²) in [6.45, 7) is 10.7. The van der Waals surface area contributed by atoms with Crippen molar-refractivity contribution in [3.05, 3.63) is 11.6 Å². The molecule has 1 heterocycles. The third kappa shape index (κ3) is 8.27. The van der Waals surface area contributed by atoms with Crippen LogP contribution >= 0.6 is 24.0 Å². The van der Waals surface area contributed by atoms with Crippen molar-refractivity contribution in [2.45, 2.75) is 47.1 Å². The molecule has 1 rings (SSSR count). The van der Waals surface area contributed by atoms with Crippen LogP contribution in [0.4, 0.5) is 0 Å². The Morgan fingerprint density at radius 1 is 1.29 bits per heavy atom.